The van der Waals surface area contributed by atoms with Gasteiger partial charge in [-0.1, -0.05) is 19.3 Å². The van der Waals surface area contributed by atoms with E-state index < -0.39 is 0 Å². The van der Waals surface area contributed by atoms with Crippen molar-refractivity contribution in [3.8, 4) is 0 Å². The van der Waals surface area contributed by atoms with Crippen molar-refractivity contribution in [2.24, 2.45) is 17.8 Å². The van der Waals surface area contributed by atoms with Crippen molar-refractivity contribution in [2.45, 2.75) is 38.5 Å². The zero-order valence-electron chi connectivity index (χ0n) is 10.7. The molecule has 3 aliphatic rings. The van der Waals surface area contributed by atoms with E-state index in [4.69, 9.17) is 0 Å². The van der Waals surface area contributed by atoms with Crippen molar-refractivity contribution in [1.82, 2.24) is 10.2 Å². The van der Waals surface area contributed by atoms with Gasteiger partial charge in [0.25, 0.3) is 0 Å². The molecule has 1 saturated carbocycles. The second kappa shape index (κ2) is 4.97. The Kier molecular flexibility index (Phi) is 3.37. The number of amides is 1. The van der Waals surface area contributed by atoms with E-state index in [0.29, 0.717) is 11.8 Å². The van der Waals surface area contributed by atoms with Gasteiger partial charge < -0.3 is 10.2 Å². The molecule has 0 aromatic carbocycles. The van der Waals surface area contributed by atoms with Crippen LogP contribution in [0.2, 0.25) is 0 Å². The van der Waals surface area contributed by atoms with Gasteiger partial charge >= 0.3 is 0 Å². The van der Waals surface area contributed by atoms with Crippen LogP contribution in [-0.2, 0) is 4.79 Å². The minimum atomic E-state index is 0.417. The van der Waals surface area contributed by atoms with Gasteiger partial charge in [-0.2, -0.15) is 0 Å². The molecule has 17 heavy (non-hydrogen) atoms. The highest BCUT2D eigenvalue weighted by atomic mass is 16.2. The number of rotatable bonds is 2. The number of fused-ring (bicyclic) bond motifs is 1. The molecule has 0 aromatic heterocycles. The van der Waals surface area contributed by atoms with Gasteiger partial charge in [-0.3, -0.25) is 4.79 Å². The van der Waals surface area contributed by atoms with E-state index in [-0.39, 0.29) is 0 Å². The monoisotopic (exact) mass is 236 g/mol. The van der Waals surface area contributed by atoms with Crippen molar-refractivity contribution >= 4 is 5.91 Å². The lowest BCUT2D eigenvalue weighted by molar-refractivity contribution is -0.135. The normalized spacial score (nSPS) is 34.0. The Morgan fingerprint density at radius 2 is 1.88 bits per heavy atom. The molecule has 3 fully saturated rings. The molecule has 3 nitrogen and oxygen atoms in total. The number of carbonyl (C=O) groups excluding carboxylic acids is 1. The molecule has 1 aliphatic carbocycles. The molecule has 3 rings (SSSR count). The topological polar surface area (TPSA) is 32.3 Å². The molecule has 0 spiro atoms. The predicted molar refractivity (Wildman–Crippen MR) is 67.6 cm³/mol. The standard InChI is InChI=1S/C14H24N2O/c17-14(7-11-8-15-9-11)16-6-5-12-3-1-2-4-13(12)10-16/h11-13,15H,1-10H2. The smallest absolute Gasteiger partial charge is 0.222 e. The number of likely N-dealkylation sites (tertiary alicyclic amines) is 1. The van der Waals surface area contributed by atoms with Gasteiger partial charge in [0, 0.05) is 19.5 Å². The summed E-state index contributed by atoms with van der Waals surface area (Å²) >= 11 is 0. The Morgan fingerprint density at radius 1 is 1.12 bits per heavy atom. The van der Waals surface area contributed by atoms with Crippen molar-refractivity contribution < 1.29 is 4.79 Å². The van der Waals surface area contributed by atoms with E-state index in [0.717, 1.165) is 44.4 Å². The summed E-state index contributed by atoms with van der Waals surface area (Å²) in [6.45, 7) is 4.18. The van der Waals surface area contributed by atoms with Gasteiger partial charge in [-0.15, -0.1) is 0 Å². The maximum Gasteiger partial charge on any atom is 0.222 e. The molecule has 3 heteroatoms. The van der Waals surface area contributed by atoms with E-state index >= 15 is 0 Å². The number of hydrogen-bond donors (Lipinski definition) is 1. The fraction of sp³-hybridized carbons (Fsp3) is 0.929. The van der Waals surface area contributed by atoms with Crippen LogP contribution in [0.25, 0.3) is 0 Å². The van der Waals surface area contributed by atoms with Gasteiger partial charge in [0.05, 0.1) is 0 Å². The molecular weight excluding hydrogens is 212 g/mol. The quantitative estimate of drug-likeness (QED) is 0.790. The van der Waals surface area contributed by atoms with E-state index in [9.17, 15) is 4.79 Å². The summed E-state index contributed by atoms with van der Waals surface area (Å²) in [5, 5.41) is 3.24. The number of nitrogens with one attached hydrogen (secondary N) is 1. The summed E-state index contributed by atoms with van der Waals surface area (Å²) in [6, 6.07) is 0. The molecule has 0 radical (unpaired) electrons. The third-order valence-corrected chi connectivity index (χ3v) is 4.97. The van der Waals surface area contributed by atoms with Crippen molar-refractivity contribution in [2.75, 3.05) is 26.2 Å². The van der Waals surface area contributed by atoms with Crippen molar-refractivity contribution in [3.63, 3.8) is 0 Å². The Hall–Kier alpha value is -0.570. The van der Waals surface area contributed by atoms with Crippen LogP contribution in [0.15, 0.2) is 0 Å². The maximum atomic E-state index is 12.2. The lowest BCUT2D eigenvalue weighted by atomic mass is 9.75. The molecule has 0 aromatic rings. The van der Waals surface area contributed by atoms with Crippen LogP contribution in [0.5, 0.6) is 0 Å². The Morgan fingerprint density at radius 3 is 2.59 bits per heavy atom. The molecule has 2 atom stereocenters. The van der Waals surface area contributed by atoms with E-state index in [1.54, 1.807) is 0 Å². The second-order valence-corrected chi connectivity index (χ2v) is 6.16. The number of hydrogen-bond acceptors (Lipinski definition) is 2. The first-order valence-corrected chi connectivity index (χ1v) is 7.31. The lowest BCUT2D eigenvalue weighted by Gasteiger charge is -2.42. The molecule has 0 bridgehead atoms. The van der Waals surface area contributed by atoms with Crippen molar-refractivity contribution in [1.29, 1.82) is 0 Å². The molecule has 96 valence electrons. The van der Waals surface area contributed by atoms with Gasteiger partial charge in [0.1, 0.15) is 0 Å². The Balaban J connectivity index is 1.52. The fourth-order valence-corrected chi connectivity index (χ4v) is 3.70. The average Bonchev–Trinajstić information content (AvgIpc) is 2.33. The number of piperidine rings is 1. The Bertz CT molecular complexity index is 288. The van der Waals surface area contributed by atoms with Crippen LogP contribution in [0, 0.1) is 17.8 Å². The summed E-state index contributed by atoms with van der Waals surface area (Å²) in [5.41, 5.74) is 0. The molecule has 2 unspecified atom stereocenters. The predicted octanol–water partition coefficient (Wildman–Crippen LogP) is 1.63. The van der Waals surface area contributed by atoms with Crippen LogP contribution in [0.4, 0.5) is 0 Å². The highest BCUT2D eigenvalue weighted by Gasteiger charge is 2.33. The second-order valence-electron chi connectivity index (χ2n) is 6.16. The summed E-state index contributed by atoms with van der Waals surface area (Å²) in [6.07, 6.45) is 7.63. The summed E-state index contributed by atoms with van der Waals surface area (Å²) in [7, 11) is 0. The van der Waals surface area contributed by atoms with E-state index in [1.165, 1.54) is 32.1 Å². The number of carbonyl (C=O) groups is 1. The SMILES string of the molecule is O=C(CC1CNC1)N1CCC2CCCCC2C1. The summed E-state index contributed by atoms with van der Waals surface area (Å²) in [5.74, 6) is 2.78. The lowest BCUT2D eigenvalue weighted by Crippen LogP contribution is -2.48. The van der Waals surface area contributed by atoms with Crippen LogP contribution in [0.3, 0.4) is 0 Å². The van der Waals surface area contributed by atoms with E-state index in [2.05, 4.69) is 10.2 Å². The molecule has 1 amide bonds. The zero-order chi connectivity index (χ0) is 11.7. The molecular formula is C14H24N2O. The maximum absolute atomic E-state index is 12.2. The highest BCUT2D eigenvalue weighted by Crippen LogP contribution is 2.36. The summed E-state index contributed by atoms with van der Waals surface area (Å²) < 4.78 is 0. The zero-order valence-corrected chi connectivity index (χ0v) is 10.7. The third kappa shape index (κ3) is 2.49. The first-order valence-electron chi connectivity index (χ1n) is 7.31. The van der Waals surface area contributed by atoms with Crippen molar-refractivity contribution in [3.05, 3.63) is 0 Å². The van der Waals surface area contributed by atoms with E-state index in [1.807, 2.05) is 0 Å². The van der Waals surface area contributed by atoms with Gasteiger partial charge in [0.15, 0.2) is 0 Å². The highest BCUT2D eigenvalue weighted by molar-refractivity contribution is 5.76. The fourth-order valence-electron chi connectivity index (χ4n) is 3.70. The largest absolute Gasteiger partial charge is 0.342 e. The van der Waals surface area contributed by atoms with Crippen LogP contribution >= 0.6 is 0 Å². The Labute approximate surface area is 104 Å². The van der Waals surface area contributed by atoms with Gasteiger partial charge in [-0.05, 0) is 43.7 Å². The molecule has 2 heterocycles. The van der Waals surface area contributed by atoms with Crippen LogP contribution in [0.1, 0.15) is 38.5 Å². The first-order chi connectivity index (χ1) is 8.33. The molecule has 2 saturated heterocycles. The molecule has 2 aliphatic heterocycles. The van der Waals surface area contributed by atoms with Gasteiger partial charge in [-0.25, -0.2) is 0 Å². The minimum Gasteiger partial charge on any atom is -0.342 e. The van der Waals surface area contributed by atoms with Gasteiger partial charge in [0.2, 0.25) is 5.91 Å². The summed E-state index contributed by atoms with van der Waals surface area (Å²) in [4.78, 5) is 14.3. The first kappa shape index (κ1) is 11.5. The molecule has 1 N–H and O–H groups in total. The minimum absolute atomic E-state index is 0.417. The average molecular weight is 236 g/mol. The van der Waals surface area contributed by atoms with Crippen LogP contribution < -0.4 is 5.32 Å². The van der Waals surface area contributed by atoms with Crippen LogP contribution in [-0.4, -0.2) is 37.0 Å². The third-order valence-electron chi connectivity index (χ3n) is 4.97. The number of nitrogens with zero attached hydrogens (tertiary/aromatic N) is 1.